The quantitative estimate of drug-likeness (QED) is 0.675. The fraction of sp³-hybridized carbons (Fsp3) is 0.222. The fourth-order valence-corrected chi connectivity index (χ4v) is 1.11. The molecule has 0 aliphatic rings. The van der Waals surface area contributed by atoms with Crippen LogP contribution in [0.15, 0.2) is 6.07 Å². The number of carboxylic acids is 1. The number of phenolic OH excluding ortho intramolecular Hbond substituents is 1. The molecule has 0 saturated heterocycles. The Morgan fingerprint density at radius 3 is 2.44 bits per heavy atom. The van der Waals surface area contributed by atoms with Crippen molar-refractivity contribution in [2.45, 2.75) is 12.5 Å². The minimum atomic E-state index is -1.63. The topological polar surface area (TPSA) is 83.5 Å². The predicted molar refractivity (Wildman–Crippen MR) is 47.3 cm³/mol. The molecular weight excluding hydrogens is 227 g/mol. The van der Waals surface area contributed by atoms with E-state index in [9.17, 15) is 18.0 Å². The Kier molecular flexibility index (Phi) is 3.38. The first-order valence-corrected chi connectivity index (χ1v) is 4.18. The Morgan fingerprint density at radius 1 is 1.38 bits per heavy atom. The summed E-state index contributed by atoms with van der Waals surface area (Å²) in [5, 5.41) is 17.2. The predicted octanol–water partition coefficient (Wildman–Crippen LogP) is 0.764. The van der Waals surface area contributed by atoms with Gasteiger partial charge in [-0.15, -0.1) is 0 Å². The van der Waals surface area contributed by atoms with E-state index in [0.29, 0.717) is 6.07 Å². The summed E-state index contributed by atoms with van der Waals surface area (Å²) in [7, 11) is 0. The number of carboxylic acid groups (broad SMARTS) is 1. The second-order valence-corrected chi connectivity index (χ2v) is 3.13. The van der Waals surface area contributed by atoms with Gasteiger partial charge in [0.05, 0.1) is 0 Å². The summed E-state index contributed by atoms with van der Waals surface area (Å²) in [6.07, 6.45) is -0.704. The van der Waals surface area contributed by atoms with Crippen LogP contribution in [0.2, 0.25) is 0 Å². The number of hydrogen-bond donors (Lipinski definition) is 3. The summed E-state index contributed by atoms with van der Waals surface area (Å²) in [5.41, 5.74) is 4.26. The standard InChI is InChI=1S/C9H8F3NO3/c10-4-2-6(14)8(12)7(11)3(4)1-5(13)9(15)16/h2,5,14H,1,13H2,(H,15,16)/t5-/m0/s1. The van der Waals surface area contributed by atoms with Crippen molar-refractivity contribution < 1.29 is 28.2 Å². The number of hydrogen-bond acceptors (Lipinski definition) is 3. The summed E-state index contributed by atoms with van der Waals surface area (Å²) in [6, 6.07) is -1.18. The lowest BCUT2D eigenvalue weighted by Crippen LogP contribution is -2.33. The van der Waals surface area contributed by atoms with Crippen LogP contribution in [0.3, 0.4) is 0 Å². The molecular formula is C9H8F3NO3. The van der Waals surface area contributed by atoms with E-state index in [0.717, 1.165) is 0 Å². The number of carbonyl (C=O) groups is 1. The summed E-state index contributed by atoms with van der Waals surface area (Å²) >= 11 is 0. The monoisotopic (exact) mass is 235 g/mol. The van der Waals surface area contributed by atoms with Gasteiger partial charge in [0.15, 0.2) is 11.6 Å². The largest absolute Gasteiger partial charge is 0.505 e. The molecule has 0 aliphatic heterocycles. The van der Waals surface area contributed by atoms with Gasteiger partial charge in [-0.3, -0.25) is 4.79 Å². The van der Waals surface area contributed by atoms with Crippen molar-refractivity contribution >= 4 is 5.97 Å². The maximum atomic E-state index is 13.1. The number of rotatable bonds is 3. The van der Waals surface area contributed by atoms with Gasteiger partial charge in [0.2, 0.25) is 5.82 Å². The third kappa shape index (κ3) is 2.25. The van der Waals surface area contributed by atoms with Crippen molar-refractivity contribution in [2.75, 3.05) is 0 Å². The zero-order valence-electron chi connectivity index (χ0n) is 7.88. The summed E-state index contributed by atoms with van der Waals surface area (Å²) < 4.78 is 39.1. The van der Waals surface area contributed by atoms with E-state index in [4.69, 9.17) is 15.9 Å². The van der Waals surface area contributed by atoms with Gasteiger partial charge in [-0.2, -0.15) is 4.39 Å². The first-order chi connectivity index (χ1) is 7.34. The van der Waals surface area contributed by atoms with Crippen molar-refractivity contribution in [1.82, 2.24) is 0 Å². The Hall–Kier alpha value is -1.76. The Labute approximate surface area is 88.1 Å². The molecule has 0 aromatic heterocycles. The highest BCUT2D eigenvalue weighted by Gasteiger charge is 2.22. The van der Waals surface area contributed by atoms with Crippen LogP contribution in [-0.4, -0.2) is 22.2 Å². The van der Waals surface area contributed by atoms with E-state index in [1.54, 1.807) is 0 Å². The maximum Gasteiger partial charge on any atom is 0.320 e. The molecule has 0 radical (unpaired) electrons. The van der Waals surface area contributed by atoms with Crippen LogP contribution in [0, 0.1) is 17.5 Å². The molecule has 4 nitrogen and oxygen atoms in total. The number of nitrogens with two attached hydrogens (primary N) is 1. The van der Waals surface area contributed by atoms with E-state index in [-0.39, 0.29) is 0 Å². The van der Waals surface area contributed by atoms with E-state index in [2.05, 4.69) is 0 Å². The van der Waals surface area contributed by atoms with Gasteiger partial charge < -0.3 is 15.9 Å². The third-order valence-corrected chi connectivity index (χ3v) is 1.98. The summed E-state index contributed by atoms with van der Waals surface area (Å²) in [6.45, 7) is 0. The second-order valence-electron chi connectivity index (χ2n) is 3.13. The average molecular weight is 235 g/mol. The molecule has 0 aliphatic carbocycles. The lowest BCUT2D eigenvalue weighted by molar-refractivity contribution is -0.138. The molecule has 0 heterocycles. The number of aromatic hydroxyl groups is 1. The molecule has 4 N–H and O–H groups in total. The molecule has 0 amide bonds. The Bertz CT molecular complexity index is 436. The van der Waals surface area contributed by atoms with Crippen molar-refractivity contribution in [2.24, 2.45) is 5.73 Å². The normalized spacial score (nSPS) is 12.5. The van der Waals surface area contributed by atoms with E-state index in [1.807, 2.05) is 0 Å². The summed E-state index contributed by atoms with van der Waals surface area (Å²) in [5.74, 6) is -7.15. The van der Waals surface area contributed by atoms with Gasteiger partial charge in [-0.1, -0.05) is 0 Å². The molecule has 88 valence electrons. The molecule has 7 heteroatoms. The third-order valence-electron chi connectivity index (χ3n) is 1.98. The number of benzene rings is 1. The van der Waals surface area contributed by atoms with Crippen LogP contribution in [0.5, 0.6) is 5.75 Å². The molecule has 0 spiro atoms. The van der Waals surface area contributed by atoms with E-state index in [1.165, 1.54) is 0 Å². The van der Waals surface area contributed by atoms with Gasteiger partial charge in [0.1, 0.15) is 11.9 Å². The van der Waals surface area contributed by atoms with Crippen LogP contribution in [-0.2, 0) is 11.2 Å². The number of phenols is 1. The molecule has 1 aromatic carbocycles. The van der Waals surface area contributed by atoms with Gasteiger partial charge in [0, 0.05) is 18.1 Å². The van der Waals surface area contributed by atoms with Gasteiger partial charge in [-0.05, 0) is 0 Å². The minimum absolute atomic E-state index is 0.363. The fourth-order valence-electron chi connectivity index (χ4n) is 1.11. The zero-order valence-corrected chi connectivity index (χ0v) is 7.88. The SMILES string of the molecule is N[C@@H](Cc1c(F)cc(O)c(F)c1F)C(=O)O. The van der Waals surface area contributed by atoms with Crippen LogP contribution >= 0.6 is 0 Å². The number of halogens is 3. The van der Waals surface area contributed by atoms with Crippen molar-refractivity contribution in [3.63, 3.8) is 0 Å². The zero-order chi connectivity index (χ0) is 12.5. The van der Waals surface area contributed by atoms with E-state index < -0.39 is 47.2 Å². The lowest BCUT2D eigenvalue weighted by atomic mass is 10.0. The maximum absolute atomic E-state index is 13.1. The number of aliphatic carboxylic acids is 1. The minimum Gasteiger partial charge on any atom is -0.505 e. The molecule has 0 fully saturated rings. The molecule has 16 heavy (non-hydrogen) atoms. The lowest BCUT2D eigenvalue weighted by Gasteiger charge is -2.09. The van der Waals surface area contributed by atoms with E-state index >= 15 is 0 Å². The highest BCUT2D eigenvalue weighted by atomic mass is 19.2. The average Bonchev–Trinajstić information content (AvgIpc) is 2.20. The second kappa shape index (κ2) is 4.40. The van der Waals surface area contributed by atoms with Crippen LogP contribution in [0.1, 0.15) is 5.56 Å². The molecule has 0 saturated carbocycles. The molecule has 0 unspecified atom stereocenters. The van der Waals surface area contributed by atoms with Crippen LogP contribution in [0.4, 0.5) is 13.2 Å². The Balaban J connectivity index is 3.14. The van der Waals surface area contributed by atoms with Crippen molar-refractivity contribution in [3.05, 3.63) is 29.1 Å². The van der Waals surface area contributed by atoms with Crippen molar-refractivity contribution in [3.8, 4) is 5.75 Å². The summed E-state index contributed by atoms with van der Waals surface area (Å²) in [4.78, 5) is 10.4. The molecule has 0 bridgehead atoms. The van der Waals surface area contributed by atoms with Gasteiger partial charge in [0.25, 0.3) is 0 Å². The molecule has 1 atom stereocenters. The Morgan fingerprint density at radius 2 is 1.94 bits per heavy atom. The molecule has 1 aromatic rings. The van der Waals surface area contributed by atoms with Crippen molar-refractivity contribution in [1.29, 1.82) is 0 Å². The van der Waals surface area contributed by atoms with Gasteiger partial charge >= 0.3 is 5.97 Å². The first kappa shape index (κ1) is 12.3. The van der Waals surface area contributed by atoms with Crippen LogP contribution in [0.25, 0.3) is 0 Å². The van der Waals surface area contributed by atoms with Gasteiger partial charge in [-0.25, -0.2) is 8.78 Å². The highest BCUT2D eigenvalue weighted by Crippen LogP contribution is 2.25. The van der Waals surface area contributed by atoms with Crippen LogP contribution < -0.4 is 5.73 Å². The highest BCUT2D eigenvalue weighted by molar-refractivity contribution is 5.73. The molecule has 1 rings (SSSR count). The first-order valence-electron chi connectivity index (χ1n) is 4.18. The smallest absolute Gasteiger partial charge is 0.320 e.